The summed E-state index contributed by atoms with van der Waals surface area (Å²) in [5.74, 6) is 0.852. The number of aryl methyl sites for hydroxylation is 1. The second-order valence-electron chi connectivity index (χ2n) is 6.77. The Morgan fingerprint density at radius 3 is 2.78 bits per heavy atom. The minimum Gasteiger partial charge on any atom is -0.396 e. The van der Waals surface area contributed by atoms with Crippen molar-refractivity contribution in [2.24, 2.45) is 11.8 Å². The Bertz CT molecular complexity index is 508. The maximum Gasteiger partial charge on any atom is 0.125 e. The molecule has 0 radical (unpaired) electrons. The van der Waals surface area contributed by atoms with Crippen LogP contribution in [0.3, 0.4) is 0 Å². The third-order valence-corrected chi connectivity index (χ3v) is 5.22. The van der Waals surface area contributed by atoms with Crippen molar-refractivity contribution >= 4 is 0 Å². The van der Waals surface area contributed by atoms with Crippen LogP contribution in [0.4, 0.5) is 0 Å². The van der Waals surface area contributed by atoms with Gasteiger partial charge in [-0.15, -0.1) is 0 Å². The predicted octanol–water partition coefficient (Wildman–Crippen LogP) is 0.454. The molecule has 0 aromatic carbocycles. The molecule has 23 heavy (non-hydrogen) atoms. The van der Waals surface area contributed by atoms with Crippen molar-refractivity contribution in [1.82, 2.24) is 15.3 Å². The van der Waals surface area contributed by atoms with Gasteiger partial charge in [0, 0.05) is 49.7 Å². The first kappa shape index (κ1) is 16.8. The summed E-state index contributed by atoms with van der Waals surface area (Å²) in [5, 5.41) is 23.8. The number of aliphatic hydroxyl groups is 2. The molecule has 0 amide bonds. The predicted molar refractivity (Wildman–Crippen MR) is 85.9 cm³/mol. The molecular weight excluding hydrogens is 294 g/mol. The van der Waals surface area contributed by atoms with Gasteiger partial charge in [-0.3, -0.25) is 0 Å². The molecule has 128 valence electrons. The van der Waals surface area contributed by atoms with E-state index in [1.807, 2.05) is 13.0 Å². The molecule has 0 bridgehead atoms. The lowest BCUT2D eigenvalue weighted by molar-refractivity contribution is 0.0678. The van der Waals surface area contributed by atoms with Crippen LogP contribution < -0.4 is 5.32 Å². The van der Waals surface area contributed by atoms with Crippen molar-refractivity contribution in [3.05, 3.63) is 23.8 Å². The number of nitrogens with one attached hydrogen (secondary N) is 1. The Morgan fingerprint density at radius 1 is 1.30 bits per heavy atom. The largest absolute Gasteiger partial charge is 0.396 e. The molecule has 2 aliphatic rings. The SMILES string of the molecule is Cc1nccc(C[C@@H]2[C@@H](CO)[C@H](O)C[C@H]2NC2CCOCC2)n1. The second kappa shape index (κ2) is 7.66. The number of hydrogen-bond donors (Lipinski definition) is 3. The van der Waals surface area contributed by atoms with E-state index < -0.39 is 6.10 Å². The lowest BCUT2D eigenvalue weighted by Crippen LogP contribution is -2.44. The molecule has 0 unspecified atom stereocenters. The van der Waals surface area contributed by atoms with E-state index in [1.165, 1.54) is 0 Å². The van der Waals surface area contributed by atoms with E-state index >= 15 is 0 Å². The maximum atomic E-state index is 10.3. The van der Waals surface area contributed by atoms with Crippen LogP contribution in [0.25, 0.3) is 0 Å². The van der Waals surface area contributed by atoms with Crippen molar-refractivity contribution in [2.75, 3.05) is 19.8 Å². The number of ether oxygens (including phenoxy) is 1. The summed E-state index contributed by atoms with van der Waals surface area (Å²) in [6.07, 6.45) is 4.79. The fourth-order valence-electron chi connectivity index (χ4n) is 3.96. The van der Waals surface area contributed by atoms with Crippen molar-refractivity contribution in [2.45, 2.75) is 50.8 Å². The van der Waals surface area contributed by atoms with E-state index in [0.29, 0.717) is 12.5 Å². The zero-order chi connectivity index (χ0) is 16.2. The van der Waals surface area contributed by atoms with E-state index in [2.05, 4.69) is 15.3 Å². The summed E-state index contributed by atoms with van der Waals surface area (Å²) in [6.45, 7) is 3.49. The van der Waals surface area contributed by atoms with Crippen molar-refractivity contribution < 1.29 is 14.9 Å². The van der Waals surface area contributed by atoms with E-state index in [9.17, 15) is 10.2 Å². The molecule has 1 aliphatic carbocycles. The van der Waals surface area contributed by atoms with Crippen molar-refractivity contribution in [3.8, 4) is 0 Å². The van der Waals surface area contributed by atoms with Crippen LogP contribution in [0.2, 0.25) is 0 Å². The van der Waals surface area contributed by atoms with Gasteiger partial charge < -0.3 is 20.3 Å². The summed E-state index contributed by atoms with van der Waals surface area (Å²) < 4.78 is 5.42. The number of rotatable bonds is 5. The normalized spacial score (nSPS) is 32.3. The average molecular weight is 321 g/mol. The molecule has 1 saturated carbocycles. The zero-order valence-electron chi connectivity index (χ0n) is 13.7. The number of hydrogen-bond acceptors (Lipinski definition) is 6. The van der Waals surface area contributed by atoms with Gasteiger partial charge in [-0.2, -0.15) is 0 Å². The highest BCUT2D eigenvalue weighted by Crippen LogP contribution is 2.35. The molecule has 3 rings (SSSR count). The van der Waals surface area contributed by atoms with Crippen LogP contribution in [-0.2, 0) is 11.2 Å². The molecule has 2 fully saturated rings. The third kappa shape index (κ3) is 4.07. The Balaban J connectivity index is 1.71. The third-order valence-electron chi connectivity index (χ3n) is 5.22. The Hall–Kier alpha value is -1.08. The summed E-state index contributed by atoms with van der Waals surface area (Å²) in [7, 11) is 0. The van der Waals surface area contributed by atoms with Crippen LogP contribution in [0.1, 0.15) is 30.8 Å². The average Bonchev–Trinajstić information content (AvgIpc) is 2.83. The Morgan fingerprint density at radius 2 is 2.09 bits per heavy atom. The van der Waals surface area contributed by atoms with Gasteiger partial charge in [-0.05, 0) is 44.6 Å². The fourth-order valence-corrected chi connectivity index (χ4v) is 3.96. The molecule has 6 nitrogen and oxygen atoms in total. The van der Waals surface area contributed by atoms with Crippen molar-refractivity contribution in [3.63, 3.8) is 0 Å². The first-order valence-electron chi connectivity index (χ1n) is 8.58. The standard InChI is InChI=1S/C17H27N3O3/c1-11-18-5-2-13(19-11)8-14-15(10-21)17(22)9-16(14)20-12-3-6-23-7-4-12/h2,5,12,14-17,20-22H,3-4,6-10H2,1H3/t14-,15-,16-,17-/m1/s1. The fraction of sp³-hybridized carbons (Fsp3) is 0.765. The first-order chi connectivity index (χ1) is 11.2. The number of nitrogens with zero attached hydrogens (tertiary/aromatic N) is 2. The highest BCUT2D eigenvalue weighted by atomic mass is 16.5. The van der Waals surface area contributed by atoms with Crippen LogP contribution in [0.5, 0.6) is 0 Å². The molecular formula is C17H27N3O3. The zero-order valence-corrected chi connectivity index (χ0v) is 13.7. The monoisotopic (exact) mass is 321 g/mol. The van der Waals surface area contributed by atoms with Crippen LogP contribution >= 0.6 is 0 Å². The van der Waals surface area contributed by atoms with Crippen LogP contribution in [0.15, 0.2) is 12.3 Å². The topological polar surface area (TPSA) is 87.5 Å². The summed E-state index contributed by atoms with van der Waals surface area (Å²) >= 11 is 0. The van der Waals surface area contributed by atoms with Gasteiger partial charge in [0.2, 0.25) is 0 Å². The minimum atomic E-state index is -0.453. The lowest BCUT2D eigenvalue weighted by atomic mass is 9.88. The summed E-state index contributed by atoms with van der Waals surface area (Å²) in [6, 6.07) is 2.58. The van der Waals surface area contributed by atoms with E-state index in [-0.39, 0.29) is 24.5 Å². The molecule has 6 heteroatoms. The van der Waals surface area contributed by atoms with Gasteiger partial charge in [0.25, 0.3) is 0 Å². The Labute approximate surface area is 137 Å². The van der Waals surface area contributed by atoms with Gasteiger partial charge in [0.1, 0.15) is 5.82 Å². The number of aliphatic hydroxyl groups excluding tert-OH is 2. The molecule has 1 aromatic rings. The van der Waals surface area contributed by atoms with E-state index in [4.69, 9.17) is 4.74 Å². The quantitative estimate of drug-likeness (QED) is 0.730. The molecule has 3 N–H and O–H groups in total. The van der Waals surface area contributed by atoms with Crippen LogP contribution in [0, 0.1) is 18.8 Å². The smallest absolute Gasteiger partial charge is 0.125 e. The first-order valence-corrected chi connectivity index (χ1v) is 8.58. The van der Waals surface area contributed by atoms with Gasteiger partial charge in [0.15, 0.2) is 0 Å². The van der Waals surface area contributed by atoms with Gasteiger partial charge in [-0.25, -0.2) is 9.97 Å². The van der Waals surface area contributed by atoms with E-state index in [0.717, 1.165) is 44.0 Å². The molecule has 4 atom stereocenters. The lowest BCUT2D eigenvalue weighted by Gasteiger charge is -2.31. The molecule has 1 aromatic heterocycles. The molecule has 1 aliphatic heterocycles. The van der Waals surface area contributed by atoms with Crippen LogP contribution in [-0.4, -0.2) is 58.2 Å². The second-order valence-corrected chi connectivity index (χ2v) is 6.77. The summed E-state index contributed by atoms with van der Waals surface area (Å²) in [5.41, 5.74) is 0.980. The van der Waals surface area contributed by atoms with Gasteiger partial charge in [0.05, 0.1) is 6.10 Å². The minimum absolute atomic E-state index is 0.0157. The Kier molecular flexibility index (Phi) is 5.58. The van der Waals surface area contributed by atoms with E-state index in [1.54, 1.807) is 6.20 Å². The van der Waals surface area contributed by atoms with Gasteiger partial charge in [-0.1, -0.05) is 0 Å². The maximum absolute atomic E-state index is 10.3. The summed E-state index contributed by atoms with van der Waals surface area (Å²) in [4.78, 5) is 8.63. The highest BCUT2D eigenvalue weighted by molar-refractivity contribution is 5.07. The van der Waals surface area contributed by atoms with Crippen molar-refractivity contribution in [1.29, 1.82) is 0 Å². The molecule has 0 spiro atoms. The molecule has 2 heterocycles. The van der Waals surface area contributed by atoms with Gasteiger partial charge >= 0.3 is 0 Å². The highest BCUT2D eigenvalue weighted by Gasteiger charge is 2.42. The number of aromatic nitrogens is 2. The molecule has 1 saturated heterocycles.